The molecule has 2 amide bonds. The first-order valence-electron chi connectivity index (χ1n) is 7.30. The topological polar surface area (TPSA) is 50.4 Å². The molecule has 1 unspecified atom stereocenters. The molecular weight excluding hydrogens is 332 g/mol. The van der Waals surface area contributed by atoms with Crippen molar-refractivity contribution in [2.45, 2.75) is 17.4 Å². The van der Waals surface area contributed by atoms with Gasteiger partial charge in [0.15, 0.2) is 0 Å². The van der Waals surface area contributed by atoms with Crippen LogP contribution in [0.5, 0.6) is 5.75 Å². The van der Waals surface area contributed by atoms with Crippen molar-refractivity contribution in [2.75, 3.05) is 18.2 Å². The molecule has 2 aromatic rings. The number of ether oxygens (including phenoxy) is 1. The van der Waals surface area contributed by atoms with E-state index in [1.165, 1.54) is 4.90 Å². The van der Waals surface area contributed by atoms with Crippen LogP contribution in [0.2, 0.25) is 5.02 Å². The zero-order valence-corrected chi connectivity index (χ0v) is 14.2. The molecule has 1 aliphatic rings. The molecular formula is C17H17ClN2O2S. The molecule has 1 aliphatic heterocycles. The minimum absolute atomic E-state index is 0.0420. The molecule has 3 rings (SSSR count). The van der Waals surface area contributed by atoms with Gasteiger partial charge < -0.3 is 15.4 Å². The summed E-state index contributed by atoms with van der Waals surface area (Å²) in [5, 5.41) is 6.55. The number of halogens is 1. The number of para-hydroxylation sites is 2. The van der Waals surface area contributed by atoms with Gasteiger partial charge in [-0.05, 0) is 42.3 Å². The summed E-state index contributed by atoms with van der Waals surface area (Å²) in [6.07, 6.45) is 0.872. The highest BCUT2D eigenvalue weighted by Crippen LogP contribution is 2.37. The third-order valence-corrected chi connectivity index (χ3v) is 5.03. The first-order valence-corrected chi connectivity index (χ1v) is 8.66. The predicted molar refractivity (Wildman–Crippen MR) is 94.7 cm³/mol. The van der Waals surface area contributed by atoms with Crippen molar-refractivity contribution in [3.63, 3.8) is 0 Å². The summed E-state index contributed by atoms with van der Waals surface area (Å²) >= 11 is 7.88. The molecule has 0 aliphatic carbocycles. The van der Waals surface area contributed by atoms with E-state index in [2.05, 4.69) is 10.6 Å². The quantitative estimate of drug-likeness (QED) is 0.844. The summed E-state index contributed by atoms with van der Waals surface area (Å²) in [4.78, 5) is 13.5. The number of hydrogen-bond acceptors (Lipinski definition) is 3. The fraction of sp³-hybridized carbons (Fsp3) is 0.235. The highest BCUT2D eigenvalue weighted by atomic mass is 35.5. The SMILES string of the molecule is COc1ccccc1NC(=O)NC1CCSc2ccc(Cl)cc21. The van der Waals surface area contributed by atoms with Gasteiger partial charge in [-0.1, -0.05) is 23.7 Å². The Labute approximate surface area is 144 Å². The molecule has 23 heavy (non-hydrogen) atoms. The van der Waals surface area contributed by atoms with E-state index in [1.807, 2.05) is 36.4 Å². The van der Waals surface area contributed by atoms with Gasteiger partial charge in [-0.15, -0.1) is 11.8 Å². The molecule has 2 N–H and O–H groups in total. The van der Waals surface area contributed by atoms with Crippen molar-refractivity contribution < 1.29 is 9.53 Å². The average molecular weight is 349 g/mol. The molecule has 0 spiro atoms. The number of benzene rings is 2. The first kappa shape index (κ1) is 16.0. The van der Waals surface area contributed by atoms with Crippen LogP contribution in [0.25, 0.3) is 0 Å². The van der Waals surface area contributed by atoms with Crippen LogP contribution in [0, 0.1) is 0 Å². The van der Waals surface area contributed by atoms with Crippen LogP contribution in [-0.4, -0.2) is 18.9 Å². The number of rotatable bonds is 3. The van der Waals surface area contributed by atoms with Crippen LogP contribution in [0.3, 0.4) is 0 Å². The van der Waals surface area contributed by atoms with E-state index in [9.17, 15) is 4.79 Å². The van der Waals surface area contributed by atoms with Crippen molar-refractivity contribution in [2.24, 2.45) is 0 Å². The predicted octanol–water partition coefficient (Wildman–Crippen LogP) is 4.71. The Hall–Kier alpha value is -1.85. The van der Waals surface area contributed by atoms with E-state index in [4.69, 9.17) is 16.3 Å². The minimum Gasteiger partial charge on any atom is -0.495 e. The Morgan fingerprint density at radius 2 is 2.13 bits per heavy atom. The van der Waals surface area contributed by atoms with Crippen molar-refractivity contribution in [3.05, 3.63) is 53.1 Å². The number of thioether (sulfide) groups is 1. The lowest BCUT2D eigenvalue weighted by Gasteiger charge is -2.26. The van der Waals surface area contributed by atoms with E-state index < -0.39 is 0 Å². The fourth-order valence-electron chi connectivity index (χ4n) is 2.58. The second-order valence-electron chi connectivity index (χ2n) is 5.17. The van der Waals surface area contributed by atoms with Gasteiger partial charge in [-0.2, -0.15) is 0 Å². The third kappa shape index (κ3) is 3.74. The van der Waals surface area contributed by atoms with Gasteiger partial charge in [0, 0.05) is 15.7 Å². The smallest absolute Gasteiger partial charge is 0.319 e. The Morgan fingerprint density at radius 1 is 1.30 bits per heavy atom. The lowest BCUT2D eigenvalue weighted by Crippen LogP contribution is -2.34. The maximum Gasteiger partial charge on any atom is 0.319 e. The number of fused-ring (bicyclic) bond motifs is 1. The average Bonchev–Trinajstić information content (AvgIpc) is 2.56. The zero-order valence-electron chi connectivity index (χ0n) is 12.6. The van der Waals surface area contributed by atoms with Crippen molar-refractivity contribution in [3.8, 4) is 5.75 Å². The number of anilines is 1. The van der Waals surface area contributed by atoms with E-state index >= 15 is 0 Å². The molecule has 0 saturated carbocycles. The second-order valence-corrected chi connectivity index (χ2v) is 6.74. The van der Waals surface area contributed by atoms with Gasteiger partial charge in [0.1, 0.15) is 5.75 Å². The summed E-state index contributed by atoms with van der Waals surface area (Å²) in [5.74, 6) is 1.60. The van der Waals surface area contributed by atoms with Crippen LogP contribution in [0.4, 0.5) is 10.5 Å². The van der Waals surface area contributed by atoms with Crippen molar-refractivity contribution in [1.82, 2.24) is 5.32 Å². The van der Waals surface area contributed by atoms with Crippen molar-refractivity contribution >= 4 is 35.1 Å². The van der Waals surface area contributed by atoms with Gasteiger partial charge >= 0.3 is 6.03 Å². The lowest BCUT2D eigenvalue weighted by molar-refractivity contribution is 0.248. The molecule has 4 nitrogen and oxygen atoms in total. The van der Waals surface area contributed by atoms with Crippen LogP contribution in [-0.2, 0) is 0 Å². The lowest BCUT2D eigenvalue weighted by atomic mass is 10.0. The van der Waals surface area contributed by atoms with Gasteiger partial charge in [0.25, 0.3) is 0 Å². The summed E-state index contributed by atoms with van der Waals surface area (Å²) in [6.45, 7) is 0. The Morgan fingerprint density at radius 3 is 2.96 bits per heavy atom. The number of amides is 2. The zero-order chi connectivity index (χ0) is 16.2. The number of hydrogen-bond donors (Lipinski definition) is 2. The molecule has 6 heteroatoms. The van der Waals surface area contributed by atoms with Crippen LogP contribution < -0.4 is 15.4 Å². The molecule has 0 bridgehead atoms. The standard InChI is InChI=1S/C17H17ClN2O2S/c1-22-15-5-3-2-4-14(15)20-17(21)19-13-8-9-23-16-7-6-11(18)10-12(13)16/h2-7,10,13H,8-9H2,1H3,(H2,19,20,21). The summed E-state index contributed by atoms with van der Waals surface area (Å²) in [5.41, 5.74) is 1.72. The number of methoxy groups -OCH3 is 1. The summed E-state index contributed by atoms with van der Waals surface area (Å²) in [6, 6.07) is 12.8. The Kier molecular flexibility index (Phi) is 4.98. The van der Waals surface area contributed by atoms with Crippen LogP contribution in [0.15, 0.2) is 47.4 Å². The first-order chi connectivity index (χ1) is 11.2. The fourth-order valence-corrected chi connectivity index (χ4v) is 3.87. The Balaban J connectivity index is 1.73. The van der Waals surface area contributed by atoms with Gasteiger partial charge in [0.05, 0.1) is 18.8 Å². The van der Waals surface area contributed by atoms with Gasteiger partial charge in [-0.25, -0.2) is 4.79 Å². The Bertz CT molecular complexity index is 723. The normalized spacial score (nSPS) is 16.3. The molecule has 2 aromatic carbocycles. The number of urea groups is 1. The van der Waals surface area contributed by atoms with E-state index in [1.54, 1.807) is 24.9 Å². The van der Waals surface area contributed by atoms with Crippen molar-refractivity contribution in [1.29, 1.82) is 0 Å². The van der Waals surface area contributed by atoms with Gasteiger partial charge in [0.2, 0.25) is 0 Å². The molecule has 120 valence electrons. The minimum atomic E-state index is -0.252. The van der Waals surface area contributed by atoms with E-state index in [0.717, 1.165) is 17.7 Å². The van der Waals surface area contributed by atoms with E-state index in [-0.39, 0.29) is 12.1 Å². The summed E-state index contributed by atoms with van der Waals surface area (Å²) < 4.78 is 5.24. The highest BCUT2D eigenvalue weighted by Gasteiger charge is 2.23. The maximum atomic E-state index is 12.3. The second kappa shape index (κ2) is 7.15. The molecule has 0 saturated heterocycles. The van der Waals surface area contributed by atoms with E-state index in [0.29, 0.717) is 16.5 Å². The molecule has 0 aromatic heterocycles. The molecule has 0 fully saturated rings. The molecule has 0 radical (unpaired) electrons. The number of nitrogens with one attached hydrogen (secondary N) is 2. The third-order valence-electron chi connectivity index (χ3n) is 3.67. The largest absolute Gasteiger partial charge is 0.495 e. The number of carbonyl (C=O) groups is 1. The molecule has 1 heterocycles. The van der Waals surface area contributed by atoms with Crippen LogP contribution in [0.1, 0.15) is 18.0 Å². The highest BCUT2D eigenvalue weighted by molar-refractivity contribution is 7.99. The monoisotopic (exact) mass is 348 g/mol. The van der Waals surface area contributed by atoms with Gasteiger partial charge in [-0.3, -0.25) is 0 Å². The maximum absolute atomic E-state index is 12.3. The van der Waals surface area contributed by atoms with Crippen LogP contribution >= 0.6 is 23.4 Å². The number of carbonyl (C=O) groups excluding carboxylic acids is 1. The molecule has 1 atom stereocenters. The summed E-state index contributed by atoms with van der Waals surface area (Å²) in [7, 11) is 1.58.